The zero-order valence-corrected chi connectivity index (χ0v) is 12.3. The summed E-state index contributed by atoms with van der Waals surface area (Å²) in [5.74, 6) is 0.0395. The van der Waals surface area contributed by atoms with Gasteiger partial charge in [-0.05, 0) is 25.3 Å². The molecule has 2 aromatic heterocycles. The van der Waals surface area contributed by atoms with E-state index < -0.39 is 0 Å². The maximum absolute atomic E-state index is 12.4. The molecule has 1 saturated heterocycles. The number of carbonyl (C=O) groups is 1. The smallest absolute Gasteiger partial charge is 0.274 e. The number of likely N-dealkylation sites (tertiary alicyclic amines) is 1. The Kier molecular flexibility index (Phi) is 4.03. The van der Waals surface area contributed by atoms with Gasteiger partial charge in [-0.2, -0.15) is 5.10 Å². The van der Waals surface area contributed by atoms with Gasteiger partial charge >= 0.3 is 0 Å². The number of piperidine rings is 1. The van der Waals surface area contributed by atoms with Crippen LogP contribution in [0.3, 0.4) is 0 Å². The second-order valence-electron chi connectivity index (χ2n) is 5.56. The SMILES string of the molecule is CCCc1cc(C(=O)N2CCC(n3ccnc3)CC2)n[nH]1. The third-order valence-corrected chi connectivity index (χ3v) is 4.07. The van der Waals surface area contributed by atoms with Gasteiger partial charge in [-0.3, -0.25) is 9.89 Å². The number of hydrogen-bond acceptors (Lipinski definition) is 3. The molecule has 0 bridgehead atoms. The highest BCUT2D eigenvalue weighted by atomic mass is 16.2. The minimum Gasteiger partial charge on any atom is -0.337 e. The van der Waals surface area contributed by atoms with Crippen molar-refractivity contribution in [3.63, 3.8) is 0 Å². The van der Waals surface area contributed by atoms with E-state index in [9.17, 15) is 4.79 Å². The van der Waals surface area contributed by atoms with Crippen LogP contribution in [-0.4, -0.2) is 43.6 Å². The fourth-order valence-corrected chi connectivity index (χ4v) is 2.88. The third-order valence-electron chi connectivity index (χ3n) is 4.07. The number of hydrogen-bond donors (Lipinski definition) is 1. The highest BCUT2D eigenvalue weighted by Crippen LogP contribution is 2.23. The van der Waals surface area contributed by atoms with Gasteiger partial charge in [0.15, 0.2) is 0 Å². The molecule has 3 heterocycles. The van der Waals surface area contributed by atoms with Gasteiger partial charge in [-0.15, -0.1) is 0 Å². The molecule has 6 heteroatoms. The summed E-state index contributed by atoms with van der Waals surface area (Å²) >= 11 is 0. The molecule has 1 fully saturated rings. The van der Waals surface area contributed by atoms with E-state index in [0.29, 0.717) is 11.7 Å². The van der Waals surface area contributed by atoms with E-state index >= 15 is 0 Å². The topological polar surface area (TPSA) is 66.8 Å². The molecule has 0 unspecified atom stereocenters. The third kappa shape index (κ3) is 2.99. The number of aromatic nitrogens is 4. The number of imidazole rings is 1. The van der Waals surface area contributed by atoms with Crippen molar-refractivity contribution in [3.05, 3.63) is 36.2 Å². The van der Waals surface area contributed by atoms with Gasteiger partial charge in [-0.1, -0.05) is 13.3 Å². The van der Waals surface area contributed by atoms with Crippen molar-refractivity contribution in [3.8, 4) is 0 Å². The first-order chi connectivity index (χ1) is 10.3. The van der Waals surface area contributed by atoms with E-state index in [1.165, 1.54) is 0 Å². The Balaban J connectivity index is 1.59. The maximum Gasteiger partial charge on any atom is 0.274 e. The molecule has 0 aliphatic carbocycles. The molecule has 1 amide bonds. The molecule has 112 valence electrons. The molecule has 21 heavy (non-hydrogen) atoms. The number of rotatable bonds is 4. The van der Waals surface area contributed by atoms with Crippen molar-refractivity contribution < 1.29 is 4.79 Å². The molecule has 0 spiro atoms. The Hall–Kier alpha value is -2.11. The van der Waals surface area contributed by atoms with Gasteiger partial charge in [0.25, 0.3) is 5.91 Å². The van der Waals surface area contributed by atoms with Crippen LogP contribution in [0.2, 0.25) is 0 Å². The van der Waals surface area contributed by atoms with Crippen LogP contribution in [0.15, 0.2) is 24.8 Å². The summed E-state index contributed by atoms with van der Waals surface area (Å²) < 4.78 is 2.13. The van der Waals surface area contributed by atoms with Crippen molar-refractivity contribution in [2.75, 3.05) is 13.1 Å². The molecular formula is C15H21N5O. The minimum atomic E-state index is 0.0395. The summed E-state index contributed by atoms with van der Waals surface area (Å²) in [4.78, 5) is 18.4. The van der Waals surface area contributed by atoms with Crippen LogP contribution in [0, 0.1) is 0 Å². The fourth-order valence-electron chi connectivity index (χ4n) is 2.88. The van der Waals surface area contributed by atoms with Crippen LogP contribution in [0.25, 0.3) is 0 Å². The zero-order chi connectivity index (χ0) is 14.7. The predicted molar refractivity (Wildman–Crippen MR) is 79.0 cm³/mol. The van der Waals surface area contributed by atoms with Gasteiger partial charge in [0, 0.05) is 37.2 Å². The molecule has 0 radical (unpaired) electrons. The first kappa shape index (κ1) is 13.9. The molecule has 0 aromatic carbocycles. The Morgan fingerprint density at radius 1 is 1.43 bits per heavy atom. The van der Waals surface area contributed by atoms with Crippen LogP contribution in [0.1, 0.15) is 48.4 Å². The number of H-pyrrole nitrogens is 1. The summed E-state index contributed by atoms with van der Waals surface area (Å²) in [6.07, 6.45) is 9.56. The lowest BCUT2D eigenvalue weighted by atomic mass is 10.0. The molecule has 3 rings (SSSR count). The largest absolute Gasteiger partial charge is 0.337 e. The standard InChI is InChI=1S/C15H21N5O/c1-2-3-12-10-14(18-17-12)15(21)19-7-4-13(5-8-19)20-9-6-16-11-20/h6,9-11,13H,2-5,7-8H2,1H3,(H,17,18). The summed E-state index contributed by atoms with van der Waals surface area (Å²) in [5.41, 5.74) is 1.58. The monoisotopic (exact) mass is 287 g/mol. The van der Waals surface area contributed by atoms with Crippen LogP contribution in [-0.2, 0) is 6.42 Å². The highest BCUT2D eigenvalue weighted by molar-refractivity contribution is 5.92. The predicted octanol–water partition coefficient (Wildman–Crippen LogP) is 2.04. The fraction of sp³-hybridized carbons (Fsp3) is 0.533. The van der Waals surface area contributed by atoms with Gasteiger partial charge < -0.3 is 9.47 Å². The van der Waals surface area contributed by atoms with E-state index in [1.807, 2.05) is 23.5 Å². The molecule has 0 atom stereocenters. The summed E-state index contributed by atoms with van der Waals surface area (Å²) in [7, 11) is 0. The van der Waals surface area contributed by atoms with E-state index in [4.69, 9.17) is 0 Å². The lowest BCUT2D eigenvalue weighted by molar-refractivity contribution is 0.0688. The number of carbonyl (C=O) groups excluding carboxylic acids is 1. The molecule has 2 aromatic rings. The molecule has 1 aliphatic rings. The van der Waals surface area contributed by atoms with Crippen LogP contribution >= 0.6 is 0 Å². The number of nitrogens with one attached hydrogen (secondary N) is 1. The van der Waals surface area contributed by atoms with Crippen molar-refractivity contribution in [2.45, 2.75) is 38.6 Å². The molecular weight excluding hydrogens is 266 g/mol. The summed E-state index contributed by atoms with van der Waals surface area (Å²) in [5, 5.41) is 7.10. The number of amides is 1. The minimum absolute atomic E-state index is 0.0395. The summed E-state index contributed by atoms with van der Waals surface area (Å²) in [6.45, 7) is 3.67. The van der Waals surface area contributed by atoms with E-state index in [-0.39, 0.29) is 5.91 Å². The van der Waals surface area contributed by atoms with Crippen molar-refractivity contribution in [2.24, 2.45) is 0 Å². The second-order valence-corrected chi connectivity index (χ2v) is 5.56. The summed E-state index contributed by atoms with van der Waals surface area (Å²) in [6, 6.07) is 2.33. The Bertz CT molecular complexity index is 581. The van der Waals surface area contributed by atoms with E-state index in [0.717, 1.165) is 44.5 Å². The molecule has 6 nitrogen and oxygen atoms in total. The normalized spacial score (nSPS) is 16.3. The molecule has 0 saturated carbocycles. The van der Waals surface area contributed by atoms with E-state index in [2.05, 4.69) is 26.7 Å². The lowest BCUT2D eigenvalue weighted by Gasteiger charge is -2.32. The van der Waals surface area contributed by atoms with Gasteiger partial charge in [0.1, 0.15) is 5.69 Å². The first-order valence-corrected chi connectivity index (χ1v) is 7.59. The number of nitrogens with zero attached hydrogens (tertiary/aromatic N) is 4. The lowest BCUT2D eigenvalue weighted by Crippen LogP contribution is -2.39. The Morgan fingerprint density at radius 3 is 2.90 bits per heavy atom. The number of aryl methyl sites for hydroxylation is 1. The van der Waals surface area contributed by atoms with Crippen LogP contribution in [0.4, 0.5) is 0 Å². The van der Waals surface area contributed by atoms with Crippen molar-refractivity contribution in [1.82, 2.24) is 24.6 Å². The van der Waals surface area contributed by atoms with Gasteiger partial charge in [-0.25, -0.2) is 4.98 Å². The Morgan fingerprint density at radius 2 is 2.24 bits per heavy atom. The Labute approximate surface area is 124 Å². The van der Waals surface area contributed by atoms with Gasteiger partial charge in [0.05, 0.1) is 6.33 Å². The first-order valence-electron chi connectivity index (χ1n) is 7.59. The van der Waals surface area contributed by atoms with Crippen molar-refractivity contribution >= 4 is 5.91 Å². The quantitative estimate of drug-likeness (QED) is 0.935. The second kappa shape index (κ2) is 6.11. The average molecular weight is 287 g/mol. The van der Waals surface area contributed by atoms with Crippen LogP contribution < -0.4 is 0 Å². The molecule has 1 aliphatic heterocycles. The van der Waals surface area contributed by atoms with E-state index in [1.54, 1.807) is 6.20 Å². The number of aromatic amines is 1. The van der Waals surface area contributed by atoms with Gasteiger partial charge in [0.2, 0.25) is 0 Å². The highest BCUT2D eigenvalue weighted by Gasteiger charge is 2.25. The van der Waals surface area contributed by atoms with Crippen LogP contribution in [0.5, 0.6) is 0 Å². The zero-order valence-electron chi connectivity index (χ0n) is 12.3. The maximum atomic E-state index is 12.4. The molecule has 1 N–H and O–H groups in total. The average Bonchev–Trinajstić information content (AvgIpc) is 3.19. The van der Waals surface area contributed by atoms with Crippen molar-refractivity contribution in [1.29, 1.82) is 0 Å².